The first kappa shape index (κ1) is 13.5. The van der Waals surface area contributed by atoms with Crippen LogP contribution in [-0.2, 0) is 9.53 Å². The zero-order valence-electron chi connectivity index (χ0n) is 9.18. The largest absolute Gasteiger partial charge is 0.389 e. The van der Waals surface area contributed by atoms with E-state index in [0.29, 0.717) is 19.4 Å². The highest BCUT2D eigenvalue weighted by Crippen LogP contribution is 2.24. The number of rotatable bonds is 6. The van der Waals surface area contributed by atoms with Crippen molar-refractivity contribution in [2.75, 3.05) is 13.2 Å². The van der Waals surface area contributed by atoms with E-state index in [9.17, 15) is 18.0 Å². The topological polar surface area (TPSA) is 26.3 Å². The van der Waals surface area contributed by atoms with E-state index in [-0.39, 0.29) is 24.7 Å². The molecule has 0 aliphatic heterocycles. The zero-order valence-corrected chi connectivity index (χ0v) is 9.18. The van der Waals surface area contributed by atoms with E-state index in [4.69, 9.17) is 4.74 Å². The third-order valence-electron chi connectivity index (χ3n) is 2.79. The van der Waals surface area contributed by atoms with Gasteiger partial charge in [0.25, 0.3) is 0 Å². The van der Waals surface area contributed by atoms with E-state index in [2.05, 4.69) is 0 Å². The standard InChI is InChI=1S/C11H17F3O2/c12-11(13,14)6-2-7-16-8-5-9-3-1-4-10(9)15/h9H,1-8H2. The van der Waals surface area contributed by atoms with E-state index in [0.717, 1.165) is 12.8 Å². The van der Waals surface area contributed by atoms with Gasteiger partial charge in [0, 0.05) is 32.0 Å². The second-order valence-electron chi connectivity index (χ2n) is 4.18. The molecule has 1 rings (SSSR count). The van der Waals surface area contributed by atoms with Crippen LogP contribution in [0.1, 0.15) is 38.5 Å². The first-order valence-corrected chi connectivity index (χ1v) is 5.66. The highest BCUT2D eigenvalue weighted by atomic mass is 19.4. The van der Waals surface area contributed by atoms with Crippen LogP contribution in [0.15, 0.2) is 0 Å². The molecule has 1 aliphatic carbocycles. The molecule has 0 aromatic heterocycles. The summed E-state index contributed by atoms with van der Waals surface area (Å²) in [6.45, 7) is 0.523. The number of halogens is 3. The molecule has 1 atom stereocenters. The van der Waals surface area contributed by atoms with Crippen LogP contribution in [0.3, 0.4) is 0 Å². The van der Waals surface area contributed by atoms with Crippen LogP contribution in [0.2, 0.25) is 0 Å². The van der Waals surface area contributed by atoms with Crippen molar-refractivity contribution >= 4 is 5.78 Å². The van der Waals surface area contributed by atoms with E-state index >= 15 is 0 Å². The van der Waals surface area contributed by atoms with Gasteiger partial charge in [-0.05, 0) is 25.7 Å². The van der Waals surface area contributed by atoms with Gasteiger partial charge in [-0.15, -0.1) is 0 Å². The van der Waals surface area contributed by atoms with Crippen LogP contribution in [0.5, 0.6) is 0 Å². The SMILES string of the molecule is O=C1CCCC1CCOCCCC(F)(F)F. The van der Waals surface area contributed by atoms with Gasteiger partial charge in [0.15, 0.2) is 0 Å². The number of ether oxygens (including phenoxy) is 1. The van der Waals surface area contributed by atoms with Gasteiger partial charge < -0.3 is 4.74 Å². The lowest BCUT2D eigenvalue weighted by Crippen LogP contribution is -2.12. The lowest BCUT2D eigenvalue weighted by molar-refractivity contribution is -0.137. The highest BCUT2D eigenvalue weighted by molar-refractivity contribution is 5.82. The molecule has 2 nitrogen and oxygen atoms in total. The fourth-order valence-corrected chi connectivity index (χ4v) is 1.90. The Bertz CT molecular complexity index is 226. The number of ketones is 1. The fourth-order valence-electron chi connectivity index (χ4n) is 1.90. The number of Topliss-reactive ketones (excluding diaryl/α,β-unsaturated/α-hetero) is 1. The van der Waals surface area contributed by atoms with Gasteiger partial charge >= 0.3 is 6.18 Å². The molecule has 1 unspecified atom stereocenters. The van der Waals surface area contributed by atoms with Crippen LogP contribution in [-0.4, -0.2) is 25.2 Å². The van der Waals surface area contributed by atoms with Crippen LogP contribution in [0, 0.1) is 5.92 Å². The molecule has 0 heterocycles. The van der Waals surface area contributed by atoms with Crippen LogP contribution >= 0.6 is 0 Å². The van der Waals surface area contributed by atoms with Gasteiger partial charge in [0.2, 0.25) is 0 Å². The normalized spacial score (nSPS) is 21.7. The molecule has 0 saturated heterocycles. The number of hydrogen-bond donors (Lipinski definition) is 0. The van der Waals surface area contributed by atoms with Crippen molar-refractivity contribution < 1.29 is 22.7 Å². The van der Waals surface area contributed by atoms with Crippen molar-refractivity contribution in [1.29, 1.82) is 0 Å². The minimum Gasteiger partial charge on any atom is -0.381 e. The summed E-state index contributed by atoms with van der Waals surface area (Å²) in [5, 5.41) is 0. The second-order valence-corrected chi connectivity index (χ2v) is 4.18. The Morgan fingerprint density at radius 1 is 1.31 bits per heavy atom. The van der Waals surface area contributed by atoms with Crippen molar-refractivity contribution in [2.45, 2.75) is 44.7 Å². The van der Waals surface area contributed by atoms with Gasteiger partial charge in [-0.2, -0.15) is 13.2 Å². The van der Waals surface area contributed by atoms with Gasteiger partial charge in [-0.25, -0.2) is 0 Å². The number of hydrogen-bond acceptors (Lipinski definition) is 2. The Balaban J connectivity index is 1.94. The Labute approximate surface area is 93.2 Å². The molecule has 1 fully saturated rings. The number of carbonyl (C=O) groups is 1. The highest BCUT2D eigenvalue weighted by Gasteiger charge is 2.26. The summed E-state index contributed by atoms with van der Waals surface area (Å²) in [5.74, 6) is 0.363. The minimum atomic E-state index is -4.09. The van der Waals surface area contributed by atoms with Gasteiger partial charge in [0.05, 0.1) is 0 Å². The molecule has 0 bridgehead atoms. The minimum absolute atomic E-state index is 0.00210. The fraction of sp³-hybridized carbons (Fsp3) is 0.909. The number of alkyl halides is 3. The van der Waals surface area contributed by atoms with E-state index in [1.165, 1.54) is 0 Å². The van der Waals surface area contributed by atoms with Crippen LogP contribution in [0.4, 0.5) is 13.2 Å². The van der Waals surface area contributed by atoms with Crippen molar-refractivity contribution in [3.05, 3.63) is 0 Å². The molecular formula is C11H17F3O2. The third-order valence-corrected chi connectivity index (χ3v) is 2.79. The van der Waals surface area contributed by atoms with Crippen molar-refractivity contribution in [3.8, 4) is 0 Å². The smallest absolute Gasteiger partial charge is 0.381 e. The molecule has 1 saturated carbocycles. The summed E-state index contributed by atoms with van der Waals surface area (Å²) in [6.07, 6.45) is -1.73. The maximum Gasteiger partial charge on any atom is 0.389 e. The zero-order chi connectivity index (χ0) is 12.0. The summed E-state index contributed by atoms with van der Waals surface area (Å²) in [6, 6.07) is 0. The maximum absolute atomic E-state index is 11.8. The average molecular weight is 238 g/mol. The van der Waals surface area contributed by atoms with Crippen LogP contribution < -0.4 is 0 Å². The molecule has 0 aromatic rings. The van der Waals surface area contributed by atoms with Crippen molar-refractivity contribution in [1.82, 2.24) is 0 Å². The summed E-state index contributed by atoms with van der Waals surface area (Å²) in [5.41, 5.74) is 0. The Morgan fingerprint density at radius 3 is 2.62 bits per heavy atom. The lowest BCUT2D eigenvalue weighted by atomic mass is 10.0. The Hall–Kier alpha value is -0.580. The van der Waals surface area contributed by atoms with E-state index < -0.39 is 12.6 Å². The summed E-state index contributed by atoms with van der Waals surface area (Å²) >= 11 is 0. The van der Waals surface area contributed by atoms with Crippen molar-refractivity contribution in [2.24, 2.45) is 5.92 Å². The first-order chi connectivity index (χ1) is 7.49. The average Bonchev–Trinajstić information content (AvgIpc) is 2.56. The molecule has 0 aromatic carbocycles. The molecule has 0 spiro atoms. The summed E-state index contributed by atoms with van der Waals surface area (Å²) in [4.78, 5) is 11.2. The van der Waals surface area contributed by atoms with E-state index in [1.807, 2.05) is 0 Å². The predicted octanol–water partition coefficient (Wildman–Crippen LogP) is 3.10. The molecular weight excluding hydrogens is 221 g/mol. The third kappa shape index (κ3) is 5.49. The van der Waals surface area contributed by atoms with Gasteiger partial charge in [-0.1, -0.05) is 0 Å². The monoisotopic (exact) mass is 238 g/mol. The Morgan fingerprint density at radius 2 is 2.06 bits per heavy atom. The molecule has 1 aliphatic rings. The van der Waals surface area contributed by atoms with Crippen molar-refractivity contribution in [3.63, 3.8) is 0 Å². The second kappa shape index (κ2) is 6.23. The molecule has 0 N–H and O–H groups in total. The summed E-state index contributed by atoms with van der Waals surface area (Å²) in [7, 11) is 0. The number of carbonyl (C=O) groups excluding carboxylic acids is 1. The molecule has 5 heteroatoms. The first-order valence-electron chi connectivity index (χ1n) is 5.66. The van der Waals surface area contributed by atoms with Gasteiger partial charge in [0.1, 0.15) is 5.78 Å². The van der Waals surface area contributed by atoms with Gasteiger partial charge in [-0.3, -0.25) is 4.79 Å². The molecule has 16 heavy (non-hydrogen) atoms. The molecule has 0 amide bonds. The Kier molecular flexibility index (Phi) is 5.25. The predicted molar refractivity (Wildman–Crippen MR) is 53.1 cm³/mol. The molecule has 94 valence electrons. The quantitative estimate of drug-likeness (QED) is 0.664. The maximum atomic E-state index is 11.8. The summed E-state index contributed by atoms with van der Waals surface area (Å²) < 4.78 is 40.4. The van der Waals surface area contributed by atoms with E-state index in [1.54, 1.807) is 0 Å². The molecule has 0 radical (unpaired) electrons. The van der Waals surface area contributed by atoms with Crippen LogP contribution in [0.25, 0.3) is 0 Å². The lowest BCUT2D eigenvalue weighted by Gasteiger charge is -2.09.